The van der Waals surface area contributed by atoms with Crippen LogP contribution < -0.4 is 4.74 Å². The van der Waals surface area contributed by atoms with Gasteiger partial charge in [0.15, 0.2) is 0 Å². The highest BCUT2D eigenvalue weighted by atomic mass is 19.1. The average Bonchev–Trinajstić information content (AvgIpc) is 3.24. The highest BCUT2D eigenvalue weighted by Crippen LogP contribution is 2.29. The van der Waals surface area contributed by atoms with Gasteiger partial charge in [0.2, 0.25) is 11.8 Å². The molecule has 1 unspecified atom stereocenters. The SMILES string of the molecule is COc1ccc(-c2nnc(C3CCCN(C(=O)c4ccc(F)cc4)C3)o2)cc1. The van der Waals surface area contributed by atoms with E-state index in [1.165, 1.54) is 24.3 Å². The Balaban J connectivity index is 1.48. The van der Waals surface area contributed by atoms with Crippen molar-refractivity contribution in [3.05, 3.63) is 65.8 Å². The molecule has 0 aliphatic carbocycles. The number of rotatable bonds is 4. The minimum atomic E-state index is -0.356. The lowest BCUT2D eigenvalue weighted by Gasteiger charge is -2.31. The molecule has 1 fully saturated rings. The molecule has 6 nitrogen and oxygen atoms in total. The van der Waals surface area contributed by atoms with Crippen LogP contribution in [0.15, 0.2) is 52.9 Å². The average molecular weight is 381 g/mol. The zero-order chi connectivity index (χ0) is 19.5. The number of hydrogen-bond donors (Lipinski definition) is 0. The lowest BCUT2D eigenvalue weighted by Crippen LogP contribution is -2.39. The number of carbonyl (C=O) groups excluding carboxylic acids is 1. The lowest BCUT2D eigenvalue weighted by molar-refractivity contribution is 0.0698. The molecular weight excluding hydrogens is 361 g/mol. The predicted octanol–water partition coefficient (Wildman–Crippen LogP) is 3.90. The van der Waals surface area contributed by atoms with Crippen molar-refractivity contribution >= 4 is 5.91 Å². The Labute approximate surface area is 161 Å². The van der Waals surface area contributed by atoms with Gasteiger partial charge in [0, 0.05) is 24.2 Å². The molecule has 2 heterocycles. The van der Waals surface area contributed by atoms with Crippen molar-refractivity contribution < 1.29 is 18.3 Å². The molecule has 4 rings (SSSR count). The Morgan fingerprint density at radius 1 is 1.14 bits per heavy atom. The third kappa shape index (κ3) is 3.74. The molecule has 0 bridgehead atoms. The second-order valence-electron chi connectivity index (χ2n) is 6.77. The molecule has 0 radical (unpaired) electrons. The molecular formula is C21H20FN3O3. The smallest absolute Gasteiger partial charge is 0.253 e. The number of amides is 1. The molecule has 1 saturated heterocycles. The van der Waals surface area contributed by atoms with E-state index in [4.69, 9.17) is 9.15 Å². The number of methoxy groups -OCH3 is 1. The molecule has 0 N–H and O–H groups in total. The van der Waals surface area contributed by atoms with Crippen LogP contribution in [0.5, 0.6) is 5.75 Å². The summed E-state index contributed by atoms with van der Waals surface area (Å²) < 4.78 is 24.1. The van der Waals surface area contributed by atoms with Gasteiger partial charge < -0.3 is 14.1 Å². The van der Waals surface area contributed by atoms with Crippen molar-refractivity contribution in [2.45, 2.75) is 18.8 Å². The maximum absolute atomic E-state index is 13.1. The second-order valence-corrected chi connectivity index (χ2v) is 6.77. The van der Waals surface area contributed by atoms with Crippen LogP contribution in [0.3, 0.4) is 0 Å². The monoisotopic (exact) mass is 381 g/mol. The number of likely N-dealkylation sites (tertiary alicyclic amines) is 1. The second kappa shape index (κ2) is 7.80. The fourth-order valence-electron chi connectivity index (χ4n) is 3.39. The van der Waals surface area contributed by atoms with Crippen molar-refractivity contribution in [1.82, 2.24) is 15.1 Å². The minimum absolute atomic E-state index is 0.0161. The quantitative estimate of drug-likeness (QED) is 0.686. The summed E-state index contributed by atoms with van der Waals surface area (Å²) in [6.45, 7) is 1.16. The lowest BCUT2D eigenvalue weighted by atomic mass is 9.97. The summed E-state index contributed by atoms with van der Waals surface area (Å²) in [6.07, 6.45) is 1.72. The molecule has 1 aliphatic heterocycles. The summed E-state index contributed by atoms with van der Waals surface area (Å²) in [7, 11) is 1.61. The first kappa shape index (κ1) is 18.2. The van der Waals surface area contributed by atoms with Gasteiger partial charge in [-0.15, -0.1) is 10.2 Å². The van der Waals surface area contributed by atoms with Crippen LogP contribution in [0.1, 0.15) is 35.0 Å². The van der Waals surface area contributed by atoms with E-state index in [0.717, 1.165) is 24.2 Å². The molecule has 1 atom stereocenters. The molecule has 1 aromatic heterocycles. The van der Waals surface area contributed by atoms with Gasteiger partial charge in [-0.3, -0.25) is 4.79 Å². The number of benzene rings is 2. The van der Waals surface area contributed by atoms with E-state index in [0.29, 0.717) is 30.4 Å². The molecule has 2 aromatic carbocycles. The normalized spacial score (nSPS) is 16.8. The molecule has 28 heavy (non-hydrogen) atoms. The van der Waals surface area contributed by atoms with Crippen LogP contribution >= 0.6 is 0 Å². The number of aromatic nitrogens is 2. The highest BCUT2D eigenvalue weighted by molar-refractivity contribution is 5.94. The third-order valence-corrected chi connectivity index (χ3v) is 4.93. The van der Waals surface area contributed by atoms with Crippen LogP contribution in [0.4, 0.5) is 4.39 Å². The van der Waals surface area contributed by atoms with Crippen LogP contribution in [0.2, 0.25) is 0 Å². The van der Waals surface area contributed by atoms with Crippen LogP contribution in [0, 0.1) is 5.82 Å². The standard InChI is InChI=1S/C21H20FN3O3/c1-27-18-10-6-14(7-11-18)19-23-24-20(28-19)16-3-2-12-25(13-16)21(26)15-4-8-17(22)9-5-15/h4-11,16H,2-3,12-13H2,1H3. The number of hydrogen-bond acceptors (Lipinski definition) is 5. The summed E-state index contributed by atoms with van der Waals surface area (Å²) in [4.78, 5) is 14.5. The van der Waals surface area contributed by atoms with Crippen molar-refractivity contribution in [2.24, 2.45) is 0 Å². The number of halogens is 1. The van der Waals surface area contributed by atoms with E-state index in [1.807, 2.05) is 24.3 Å². The van der Waals surface area contributed by atoms with Gasteiger partial charge in [-0.1, -0.05) is 0 Å². The van der Waals surface area contributed by atoms with Crippen LogP contribution in [-0.4, -0.2) is 41.2 Å². The van der Waals surface area contributed by atoms with E-state index in [2.05, 4.69) is 10.2 Å². The van der Waals surface area contributed by atoms with E-state index < -0.39 is 0 Å². The van der Waals surface area contributed by atoms with Gasteiger partial charge in [0.25, 0.3) is 5.91 Å². The Hall–Kier alpha value is -3.22. The molecule has 0 saturated carbocycles. The van der Waals surface area contributed by atoms with Crippen molar-refractivity contribution in [1.29, 1.82) is 0 Å². The fourth-order valence-corrected chi connectivity index (χ4v) is 3.39. The first-order chi connectivity index (χ1) is 13.6. The van der Waals surface area contributed by atoms with Crippen molar-refractivity contribution in [2.75, 3.05) is 20.2 Å². The molecule has 3 aromatic rings. The number of carbonyl (C=O) groups is 1. The van der Waals surface area contributed by atoms with Crippen molar-refractivity contribution in [3.8, 4) is 17.2 Å². The number of nitrogens with zero attached hydrogens (tertiary/aromatic N) is 3. The summed E-state index contributed by atoms with van der Waals surface area (Å²) in [5.41, 5.74) is 1.29. The molecule has 144 valence electrons. The zero-order valence-electron chi connectivity index (χ0n) is 15.5. The van der Waals surface area contributed by atoms with Gasteiger partial charge in [-0.2, -0.15) is 0 Å². The van der Waals surface area contributed by atoms with E-state index in [9.17, 15) is 9.18 Å². The van der Waals surface area contributed by atoms with E-state index >= 15 is 0 Å². The Morgan fingerprint density at radius 3 is 2.61 bits per heavy atom. The summed E-state index contributed by atoms with van der Waals surface area (Å²) >= 11 is 0. The highest BCUT2D eigenvalue weighted by Gasteiger charge is 2.29. The van der Waals surface area contributed by atoms with E-state index in [-0.39, 0.29) is 17.6 Å². The Morgan fingerprint density at radius 2 is 1.89 bits per heavy atom. The minimum Gasteiger partial charge on any atom is -0.497 e. The summed E-state index contributed by atoms with van der Waals surface area (Å²) in [5.74, 6) is 1.25. The van der Waals surface area contributed by atoms with Gasteiger partial charge >= 0.3 is 0 Å². The molecule has 0 spiro atoms. The topological polar surface area (TPSA) is 68.5 Å². The first-order valence-electron chi connectivity index (χ1n) is 9.16. The number of ether oxygens (including phenoxy) is 1. The maximum Gasteiger partial charge on any atom is 0.253 e. The summed E-state index contributed by atoms with van der Waals surface area (Å²) in [5, 5.41) is 8.35. The third-order valence-electron chi connectivity index (χ3n) is 4.93. The molecule has 1 amide bonds. The zero-order valence-corrected chi connectivity index (χ0v) is 15.5. The van der Waals surface area contributed by atoms with Gasteiger partial charge in [0.1, 0.15) is 11.6 Å². The number of piperidine rings is 1. The largest absolute Gasteiger partial charge is 0.497 e. The molecule has 7 heteroatoms. The summed E-state index contributed by atoms with van der Waals surface area (Å²) in [6, 6.07) is 13.0. The van der Waals surface area contributed by atoms with Crippen LogP contribution in [0.25, 0.3) is 11.5 Å². The fraction of sp³-hybridized carbons (Fsp3) is 0.286. The molecule has 1 aliphatic rings. The first-order valence-corrected chi connectivity index (χ1v) is 9.16. The Kier molecular flexibility index (Phi) is 5.06. The van der Waals surface area contributed by atoms with Gasteiger partial charge in [-0.05, 0) is 61.4 Å². The predicted molar refractivity (Wildman–Crippen MR) is 101 cm³/mol. The maximum atomic E-state index is 13.1. The Bertz CT molecular complexity index is 954. The van der Waals surface area contributed by atoms with Crippen LogP contribution in [-0.2, 0) is 0 Å². The van der Waals surface area contributed by atoms with Crippen molar-refractivity contribution in [3.63, 3.8) is 0 Å². The van der Waals surface area contributed by atoms with E-state index in [1.54, 1.807) is 12.0 Å². The van der Waals surface area contributed by atoms with Gasteiger partial charge in [-0.25, -0.2) is 4.39 Å². The van der Waals surface area contributed by atoms with Gasteiger partial charge in [0.05, 0.1) is 13.0 Å².